The largest absolute Gasteiger partial charge is 0.365 e. The average molecular weight is 174 g/mol. The topological polar surface area (TPSA) is 42.5 Å². The summed E-state index contributed by atoms with van der Waals surface area (Å²) in [5.41, 5.74) is 0.222. The minimum Gasteiger partial charge on any atom is -0.365 e. The van der Waals surface area contributed by atoms with Gasteiger partial charge in [-0.25, -0.2) is 0 Å². The lowest BCUT2D eigenvalue weighted by atomic mass is 10.1. The van der Waals surface area contributed by atoms with Crippen LogP contribution in [0.25, 0.3) is 0 Å². The van der Waals surface area contributed by atoms with E-state index >= 15 is 0 Å². The highest BCUT2D eigenvalue weighted by molar-refractivity contribution is 4.78. The molecule has 0 aromatic rings. The smallest absolute Gasteiger partial charge is 0.0971 e. The van der Waals surface area contributed by atoms with Crippen LogP contribution in [0.15, 0.2) is 0 Å². The molecule has 72 valence electrons. The lowest BCUT2D eigenvalue weighted by Gasteiger charge is -2.12. The maximum absolute atomic E-state index is 5.05. The number of ether oxygens (including phenoxy) is 2. The van der Waals surface area contributed by atoms with E-state index in [0.29, 0.717) is 6.73 Å². The van der Waals surface area contributed by atoms with Gasteiger partial charge in [-0.15, -0.1) is 0 Å². The number of nitrogens with one attached hydrogen (secondary N) is 2. The second kappa shape index (κ2) is 4.77. The molecule has 0 bridgehead atoms. The van der Waals surface area contributed by atoms with E-state index in [1.165, 1.54) is 0 Å². The van der Waals surface area contributed by atoms with Gasteiger partial charge in [-0.2, -0.15) is 0 Å². The fourth-order valence-corrected chi connectivity index (χ4v) is 0.964. The Kier molecular flexibility index (Phi) is 3.94. The highest BCUT2D eigenvalue weighted by Crippen LogP contribution is 2.06. The maximum atomic E-state index is 5.05. The Balaban J connectivity index is 0.000000127. The number of hydrogen-bond donors (Lipinski definition) is 2. The first-order valence-corrected chi connectivity index (χ1v) is 4.32. The molecule has 2 saturated heterocycles. The molecule has 0 radical (unpaired) electrons. The van der Waals surface area contributed by atoms with E-state index in [1.807, 2.05) is 0 Å². The van der Waals surface area contributed by atoms with Crippen LogP contribution in [-0.4, -0.2) is 38.8 Å². The van der Waals surface area contributed by atoms with Gasteiger partial charge in [0.25, 0.3) is 0 Å². The zero-order valence-corrected chi connectivity index (χ0v) is 7.85. The Morgan fingerprint density at radius 2 is 2.00 bits per heavy atom. The van der Waals surface area contributed by atoms with Crippen molar-refractivity contribution in [3.8, 4) is 0 Å². The molecule has 4 heteroatoms. The average Bonchev–Trinajstić information content (AvgIpc) is 2.60. The third kappa shape index (κ3) is 4.01. The van der Waals surface area contributed by atoms with E-state index in [1.54, 1.807) is 0 Å². The molecule has 0 atom stereocenters. The van der Waals surface area contributed by atoms with Crippen LogP contribution in [0.2, 0.25) is 0 Å². The van der Waals surface area contributed by atoms with Crippen molar-refractivity contribution in [1.82, 2.24) is 10.6 Å². The highest BCUT2D eigenvalue weighted by atomic mass is 16.5. The summed E-state index contributed by atoms with van der Waals surface area (Å²) in [6, 6.07) is 0. The van der Waals surface area contributed by atoms with E-state index < -0.39 is 0 Å². The van der Waals surface area contributed by atoms with Crippen molar-refractivity contribution in [3.05, 3.63) is 0 Å². The van der Waals surface area contributed by atoms with Gasteiger partial charge in [0.1, 0.15) is 0 Å². The Bertz CT molecular complexity index is 109. The second-order valence-corrected chi connectivity index (χ2v) is 3.61. The molecule has 0 aromatic heterocycles. The van der Waals surface area contributed by atoms with Gasteiger partial charge >= 0.3 is 0 Å². The van der Waals surface area contributed by atoms with Gasteiger partial charge < -0.3 is 9.47 Å². The molecule has 2 fully saturated rings. The molecule has 0 unspecified atom stereocenters. The Morgan fingerprint density at radius 1 is 1.17 bits per heavy atom. The summed E-state index contributed by atoms with van der Waals surface area (Å²) in [5.74, 6) is 0. The summed E-state index contributed by atoms with van der Waals surface area (Å²) in [6.45, 7) is 8.47. The monoisotopic (exact) mass is 174 g/mol. The summed E-state index contributed by atoms with van der Waals surface area (Å²) in [7, 11) is 0. The molecule has 2 aliphatic heterocycles. The second-order valence-electron chi connectivity index (χ2n) is 3.61. The lowest BCUT2D eigenvalue weighted by molar-refractivity contribution is 0.182. The zero-order chi connectivity index (χ0) is 8.86. The fourth-order valence-electron chi connectivity index (χ4n) is 0.964. The normalized spacial score (nSPS) is 26.5. The van der Waals surface area contributed by atoms with E-state index in [0.717, 1.165) is 26.5 Å². The first-order chi connectivity index (χ1) is 5.71. The minimum atomic E-state index is 0.222. The molecular formula is C8H18N2O2. The summed E-state index contributed by atoms with van der Waals surface area (Å²) in [4.78, 5) is 0. The van der Waals surface area contributed by atoms with Crippen LogP contribution in [0, 0.1) is 0 Å². The summed E-state index contributed by atoms with van der Waals surface area (Å²) < 4.78 is 9.88. The molecule has 0 saturated carbocycles. The molecule has 0 aliphatic carbocycles. The van der Waals surface area contributed by atoms with Crippen LogP contribution < -0.4 is 10.6 Å². The maximum Gasteiger partial charge on any atom is 0.0971 e. The summed E-state index contributed by atoms with van der Waals surface area (Å²) >= 11 is 0. The van der Waals surface area contributed by atoms with Crippen molar-refractivity contribution < 1.29 is 9.47 Å². The van der Waals surface area contributed by atoms with Crippen molar-refractivity contribution >= 4 is 0 Å². The lowest BCUT2D eigenvalue weighted by Crippen LogP contribution is -2.34. The predicted octanol–water partition coefficient (Wildman–Crippen LogP) is -0.0940. The van der Waals surface area contributed by atoms with Gasteiger partial charge in [-0.05, 0) is 13.8 Å². The van der Waals surface area contributed by atoms with E-state index in [-0.39, 0.29) is 5.54 Å². The van der Waals surface area contributed by atoms with Crippen molar-refractivity contribution in [1.29, 1.82) is 0 Å². The standard InChI is InChI=1S/C5H11NO.C3H7NO/c1-5(2)3-7-4-6-5;1-2-5-3-4-1/h6H,3-4H2,1-2H3;4H,1-3H2. The quantitative estimate of drug-likeness (QED) is 0.538. The van der Waals surface area contributed by atoms with E-state index in [9.17, 15) is 0 Å². The molecule has 4 nitrogen and oxygen atoms in total. The van der Waals surface area contributed by atoms with Crippen LogP contribution in [0.1, 0.15) is 13.8 Å². The molecular weight excluding hydrogens is 156 g/mol. The molecule has 2 aliphatic rings. The SMILES string of the molecule is C1COCN1.CC1(C)COCN1. The Hall–Kier alpha value is -0.160. The summed E-state index contributed by atoms with van der Waals surface area (Å²) in [5, 5.41) is 6.17. The van der Waals surface area contributed by atoms with E-state index in [4.69, 9.17) is 9.47 Å². The predicted molar refractivity (Wildman–Crippen MR) is 46.9 cm³/mol. The Labute approximate surface area is 73.6 Å². The molecule has 0 spiro atoms. The van der Waals surface area contributed by atoms with Crippen molar-refractivity contribution in [3.63, 3.8) is 0 Å². The van der Waals surface area contributed by atoms with Crippen LogP contribution in [0.3, 0.4) is 0 Å². The van der Waals surface area contributed by atoms with Crippen molar-refractivity contribution in [2.75, 3.05) is 33.2 Å². The van der Waals surface area contributed by atoms with Gasteiger partial charge in [0.05, 0.1) is 26.7 Å². The first kappa shape index (κ1) is 9.92. The Morgan fingerprint density at radius 3 is 2.17 bits per heavy atom. The van der Waals surface area contributed by atoms with Gasteiger partial charge in [0.2, 0.25) is 0 Å². The van der Waals surface area contributed by atoms with Crippen LogP contribution >= 0.6 is 0 Å². The zero-order valence-electron chi connectivity index (χ0n) is 7.85. The minimum absolute atomic E-state index is 0.222. The van der Waals surface area contributed by atoms with Gasteiger partial charge in [0.15, 0.2) is 0 Å². The van der Waals surface area contributed by atoms with Gasteiger partial charge in [-0.3, -0.25) is 10.6 Å². The third-order valence-corrected chi connectivity index (χ3v) is 1.74. The van der Waals surface area contributed by atoms with Gasteiger partial charge in [0, 0.05) is 12.1 Å². The molecule has 2 N–H and O–H groups in total. The van der Waals surface area contributed by atoms with Gasteiger partial charge in [-0.1, -0.05) is 0 Å². The van der Waals surface area contributed by atoms with E-state index in [2.05, 4.69) is 24.5 Å². The molecule has 2 heterocycles. The summed E-state index contributed by atoms with van der Waals surface area (Å²) in [6.07, 6.45) is 0. The molecule has 12 heavy (non-hydrogen) atoms. The molecule has 0 aromatic carbocycles. The number of rotatable bonds is 0. The van der Waals surface area contributed by atoms with Crippen LogP contribution in [0.4, 0.5) is 0 Å². The fraction of sp³-hybridized carbons (Fsp3) is 1.00. The van der Waals surface area contributed by atoms with Crippen LogP contribution in [0.5, 0.6) is 0 Å². The van der Waals surface area contributed by atoms with Crippen LogP contribution in [-0.2, 0) is 9.47 Å². The van der Waals surface area contributed by atoms with Crippen molar-refractivity contribution in [2.45, 2.75) is 19.4 Å². The molecule has 2 rings (SSSR count). The number of hydrogen-bond acceptors (Lipinski definition) is 4. The first-order valence-electron chi connectivity index (χ1n) is 4.32. The molecule has 0 amide bonds. The third-order valence-electron chi connectivity index (χ3n) is 1.74. The van der Waals surface area contributed by atoms with Crippen molar-refractivity contribution in [2.24, 2.45) is 0 Å². The highest BCUT2D eigenvalue weighted by Gasteiger charge is 2.21.